The third-order valence-corrected chi connectivity index (χ3v) is 5.12. The first-order valence-corrected chi connectivity index (χ1v) is 11.2. The molecule has 0 aromatic heterocycles. The van der Waals surface area contributed by atoms with E-state index in [9.17, 15) is 0 Å². The molecule has 0 aliphatic rings. The average Bonchev–Trinajstić information content (AvgIpc) is 2.60. The topological polar surface area (TPSA) is 35.2 Å². The molecule has 2 N–H and O–H groups in total. The summed E-state index contributed by atoms with van der Waals surface area (Å²) < 4.78 is 0. The van der Waals surface area contributed by atoms with Crippen molar-refractivity contribution in [1.82, 2.24) is 0 Å². The van der Waals surface area contributed by atoms with Gasteiger partial charge in [0.15, 0.2) is 0 Å². The summed E-state index contributed by atoms with van der Waals surface area (Å²) in [5.41, 5.74) is 0. The highest BCUT2D eigenvalue weighted by atomic mass is 16.6. The molecule has 0 saturated carbocycles. The first-order chi connectivity index (χ1) is 11.9. The summed E-state index contributed by atoms with van der Waals surface area (Å²) in [5, 5.41) is 0. The zero-order valence-electron chi connectivity index (χ0n) is 16.8. The monoisotopic (exact) mass is 341 g/mol. The van der Waals surface area contributed by atoms with Gasteiger partial charge < -0.3 is 4.84 Å². The Balaban J connectivity index is 2.93. The van der Waals surface area contributed by atoms with E-state index >= 15 is 0 Å². The molecule has 0 heterocycles. The van der Waals surface area contributed by atoms with Crippen LogP contribution in [0.2, 0.25) is 0 Å². The van der Waals surface area contributed by atoms with Crippen LogP contribution in [-0.4, -0.2) is 6.61 Å². The van der Waals surface area contributed by atoms with Gasteiger partial charge in [0.2, 0.25) is 0 Å². The highest BCUT2D eigenvalue weighted by Gasteiger charge is 1.95. The molecule has 0 atom stereocenters. The third kappa shape index (κ3) is 21.9. The van der Waals surface area contributed by atoms with Gasteiger partial charge in [0.1, 0.15) is 0 Å². The Hall–Kier alpha value is -0.0800. The van der Waals surface area contributed by atoms with E-state index in [2.05, 4.69) is 11.8 Å². The molecule has 0 aliphatic heterocycles. The fourth-order valence-electron chi connectivity index (χ4n) is 3.44. The van der Waals surface area contributed by atoms with Crippen molar-refractivity contribution in [3.8, 4) is 0 Å². The quantitative estimate of drug-likeness (QED) is 0.171. The Morgan fingerprint density at radius 2 is 0.667 bits per heavy atom. The second-order valence-electron chi connectivity index (χ2n) is 7.59. The fraction of sp³-hybridized carbons (Fsp3) is 1.00. The second kappa shape index (κ2) is 22.9. The summed E-state index contributed by atoms with van der Waals surface area (Å²) in [5.74, 6) is 5.01. The fourth-order valence-corrected chi connectivity index (χ4v) is 3.44. The Bertz CT molecular complexity index is 186. The van der Waals surface area contributed by atoms with Crippen LogP contribution >= 0.6 is 0 Å². The largest absolute Gasteiger partial charge is 0.305 e. The molecule has 0 aromatic carbocycles. The van der Waals surface area contributed by atoms with Crippen LogP contribution in [0, 0.1) is 0 Å². The SMILES string of the molecule is CCCCCCCCCCCCCCCCCCCCCCON. The van der Waals surface area contributed by atoms with E-state index < -0.39 is 0 Å². The Morgan fingerprint density at radius 3 is 0.917 bits per heavy atom. The summed E-state index contributed by atoms with van der Waals surface area (Å²) in [6, 6.07) is 0. The van der Waals surface area contributed by atoms with Crippen LogP contribution in [0.15, 0.2) is 0 Å². The number of nitrogens with two attached hydrogens (primary N) is 1. The minimum atomic E-state index is 0.721. The van der Waals surface area contributed by atoms with Crippen molar-refractivity contribution in [1.29, 1.82) is 0 Å². The van der Waals surface area contributed by atoms with E-state index in [0.717, 1.165) is 13.0 Å². The lowest BCUT2D eigenvalue weighted by Gasteiger charge is -2.04. The van der Waals surface area contributed by atoms with Crippen LogP contribution in [0.3, 0.4) is 0 Å². The maximum atomic E-state index is 5.01. The summed E-state index contributed by atoms with van der Waals surface area (Å²) in [6.07, 6.45) is 28.4. The molecule has 146 valence electrons. The molecule has 0 radical (unpaired) electrons. The van der Waals surface area contributed by atoms with Gasteiger partial charge in [-0.25, -0.2) is 5.90 Å². The van der Waals surface area contributed by atoms with Crippen LogP contribution in [0.1, 0.15) is 135 Å². The summed E-state index contributed by atoms with van der Waals surface area (Å²) in [4.78, 5) is 4.58. The number of hydrogen-bond acceptors (Lipinski definition) is 2. The van der Waals surface area contributed by atoms with Crippen molar-refractivity contribution in [2.45, 2.75) is 135 Å². The van der Waals surface area contributed by atoms with Crippen molar-refractivity contribution in [3.63, 3.8) is 0 Å². The molecule has 24 heavy (non-hydrogen) atoms. The molecule has 2 heteroatoms. The second-order valence-corrected chi connectivity index (χ2v) is 7.59. The van der Waals surface area contributed by atoms with Crippen molar-refractivity contribution < 1.29 is 4.84 Å². The highest BCUT2D eigenvalue weighted by Crippen LogP contribution is 2.14. The lowest BCUT2D eigenvalue weighted by molar-refractivity contribution is 0.133. The van der Waals surface area contributed by atoms with Gasteiger partial charge in [-0.2, -0.15) is 0 Å². The van der Waals surface area contributed by atoms with Crippen LogP contribution in [0.25, 0.3) is 0 Å². The van der Waals surface area contributed by atoms with Gasteiger partial charge in [-0.05, 0) is 6.42 Å². The van der Waals surface area contributed by atoms with Crippen molar-refractivity contribution in [2.75, 3.05) is 6.61 Å². The number of unbranched alkanes of at least 4 members (excludes halogenated alkanes) is 19. The van der Waals surface area contributed by atoms with Crippen LogP contribution in [-0.2, 0) is 4.84 Å². The summed E-state index contributed by atoms with van der Waals surface area (Å²) >= 11 is 0. The van der Waals surface area contributed by atoms with Gasteiger partial charge >= 0.3 is 0 Å². The Labute approximate surface area is 153 Å². The molecule has 2 nitrogen and oxygen atoms in total. The third-order valence-electron chi connectivity index (χ3n) is 5.12. The molecule has 0 aliphatic carbocycles. The molecule has 0 spiro atoms. The van der Waals surface area contributed by atoms with Crippen LogP contribution < -0.4 is 5.90 Å². The maximum absolute atomic E-state index is 5.01. The van der Waals surface area contributed by atoms with Gasteiger partial charge in [0, 0.05) is 0 Å². The van der Waals surface area contributed by atoms with Crippen molar-refractivity contribution in [2.24, 2.45) is 5.90 Å². The molecular weight excluding hydrogens is 294 g/mol. The zero-order valence-corrected chi connectivity index (χ0v) is 16.8. The smallest absolute Gasteiger partial charge is 0.0679 e. The van der Waals surface area contributed by atoms with Gasteiger partial charge in [-0.15, -0.1) is 0 Å². The summed E-state index contributed by atoms with van der Waals surface area (Å²) in [6.45, 7) is 3.02. The number of hydrogen-bond donors (Lipinski definition) is 1. The van der Waals surface area contributed by atoms with E-state index in [1.807, 2.05) is 0 Å². The van der Waals surface area contributed by atoms with Crippen molar-refractivity contribution in [3.05, 3.63) is 0 Å². The molecule has 0 bridgehead atoms. The molecule has 0 amide bonds. The normalized spacial score (nSPS) is 11.2. The first kappa shape index (κ1) is 23.9. The van der Waals surface area contributed by atoms with E-state index in [1.54, 1.807) is 0 Å². The van der Waals surface area contributed by atoms with Crippen molar-refractivity contribution >= 4 is 0 Å². The van der Waals surface area contributed by atoms with E-state index in [0.29, 0.717) is 0 Å². The maximum Gasteiger partial charge on any atom is 0.0679 e. The Morgan fingerprint density at radius 1 is 0.417 bits per heavy atom. The average molecular weight is 342 g/mol. The molecule has 0 saturated heterocycles. The lowest BCUT2D eigenvalue weighted by Crippen LogP contribution is -2.00. The molecule has 0 rings (SSSR count). The predicted molar refractivity (Wildman–Crippen MR) is 108 cm³/mol. The minimum absolute atomic E-state index is 0.721. The lowest BCUT2D eigenvalue weighted by atomic mass is 10.0. The Kier molecular flexibility index (Phi) is 22.8. The first-order valence-electron chi connectivity index (χ1n) is 11.2. The van der Waals surface area contributed by atoms with Crippen LogP contribution in [0.5, 0.6) is 0 Å². The molecule has 0 fully saturated rings. The van der Waals surface area contributed by atoms with Gasteiger partial charge in [-0.3, -0.25) is 0 Å². The minimum Gasteiger partial charge on any atom is -0.305 e. The standard InChI is InChI=1S/C22H47NO/c1-2-3-4-5-6-7-8-9-10-11-12-13-14-15-16-17-18-19-20-21-22-24-23/h2-23H2,1H3. The van der Waals surface area contributed by atoms with Gasteiger partial charge in [-0.1, -0.05) is 129 Å². The molecular formula is C22H47NO. The molecule has 0 aromatic rings. The zero-order chi connectivity index (χ0) is 17.6. The van der Waals surface area contributed by atoms with E-state index in [1.165, 1.54) is 122 Å². The van der Waals surface area contributed by atoms with E-state index in [-0.39, 0.29) is 0 Å². The van der Waals surface area contributed by atoms with Gasteiger partial charge in [0.05, 0.1) is 6.61 Å². The highest BCUT2D eigenvalue weighted by molar-refractivity contribution is 4.50. The van der Waals surface area contributed by atoms with Crippen LogP contribution in [0.4, 0.5) is 0 Å². The predicted octanol–water partition coefficient (Wildman–Crippen LogP) is 7.70. The van der Waals surface area contributed by atoms with E-state index in [4.69, 9.17) is 5.90 Å². The van der Waals surface area contributed by atoms with Gasteiger partial charge in [0.25, 0.3) is 0 Å². The summed E-state index contributed by atoms with van der Waals surface area (Å²) in [7, 11) is 0. The molecule has 0 unspecified atom stereocenters. The number of rotatable bonds is 21.